The molecule has 0 saturated heterocycles. The Labute approximate surface area is 103 Å². The van der Waals surface area contributed by atoms with Crippen LogP contribution in [0.1, 0.15) is 17.0 Å². The SMILES string of the molecule is [B]ONCC(c1ccccc1)c1ccccc1. The Morgan fingerprint density at radius 2 is 1.35 bits per heavy atom. The summed E-state index contributed by atoms with van der Waals surface area (Å²) in [6.45, 7) is 0.643. The van der Waals surface area contributed by atoms with Crippen molar-refractivity contribution in [2.75, 3.05) is 6.54 Å². The van der Waals surface area contributed by atoms with Crippen molar-refractivity contribution in [3.05, 3.63) is 71.8 Å². The fraction of sp³-hybridized carbons (Fsp3) is 0.143. The third-order valence-corrected chi connectivity index (χ3v) is 2.77. The highest BCUT2D eigenvalue weighted by atomic mass is 16.6. The molecule has 0 bridgehead atoms. The van der Waals surface area contributed by atoms with Crippen LogP contribution in [0.2, 0.25) is 0 Å². The van der Waals surface area contributed by atoms with Crippen LogP contribution < -0.4 is 5.48 Å². The van der Waals surface area contributed by atoms with Crippen LogP contribution in [-0.2, 0) is 4.76 Å². The predicted octanol–water partition coefficient (Wildman–Crippen LogP) is 2.42. The van der Waals surface area contributed by atoms with Gasteiger partial charge in [0.05, 0.1) is 0 Å². The van der Waals surface area contributed by atoms with Gasteiger partial charge in [0.25, 0.3) is 0 Å². The lowest BCUT2D eigenvalue weighted by Gasteiger charge is -2.18. The highest BCUT2D eigenvalue weighted by Gasteiger charge is 2.12. The molecule has 3 heteroatoms. The van der Waals surface area contributed by atoms with E-state index in [2.05, 4.69) is 34.5 Å². The first-order chi connectivity index (χ1) is 8.42. The summed E-state index contributed by atoms with van der Waals surface area (Å²) in [6.07, 6.45) is 0. The maximum absolute atomic E-state index is 5.02. The summed E-state index contributed by atoms with van der Waals surface area (Å²) in [7, 11) is 5.02. The molecule has 2 nitrogen and oxygen atoms in total. The van der Waals surface area contributed by atoms with Crippen molar-refractivity contribution in [3.63, 3.8) is 0 Å². The van der Waals surface area contributed by atoms with Crippen LogP contribution in [0.25, 0.3) is 0 Å². The van der Waals surface area contributed by atoms with Gasteiger partial charge in [0.15, 0.2) is 0 Å². The lowest BCUT2D eigenvalue weighted by Crippen LogP contribution is -2.21. The predicted molar refractivity (Wildman–Crippen MR) is 69.6 cm³/mol. The van der Waals surface area contributed by atoms with Crippen molar-refractivity contribution in [2.24, 2.45) is 0 Å². The van der Waals surface area contributed by atoms with E-state index in [4.69, 9.17) is 8.05 Å². The summed E-state index contributed by atoms with van der Waals surface area (Å²) in [6, 6.07) is 20.6. The van der Waals surface area contributed by atoms with E-state index in [-0.39, 0.29) is 5.92 Å². The van der Waals surface area contributed by atoms with Crippen LogP contribution >= 0.6 is 0 Å². The molecule has 1 N–H and O–H groups in total. The second kappa shape index (κ2) is 6.23. The molecule has 84 valence electrons. The number of rotatable bonds is 5. The Hall–Kier alpha value is -1.58. The van der Waals surface area contributed by atoms with Gasteiger partial charge in [0.1, 0.15) is 0 Å². The van der Waals surface area contributed by atoms with Gasteiger partial charge in [-0.3, -0.25) is 0 Å². The summed E-state index contributed by atoms with van der Waals surface area (Å²) in [5.41, 5.74) is 5.20. The van der Waals surface area contributed by atoms with E-state index >= 15 is 0 Å². The zero-order chi connectivity index (χ0) is 11.9. The monoisotopic (exact) mass is 223 g/mol. The maximum Gasteiger partial charge on any atom is 0.316 e. The van der Waals surface area contributed by atoms with E-state index in [0.717, 1.165) is 0 Å². The average molecular weight is 223 g/mol. The maximum atomic E-state index is 5.02. The van der Waals surface area contributed by atoms with E-state index in [0.29, 0.717) is 6.54 Å². The number of hydroxylamine groups is 1. The van der Waals surface area contributed by atoms with Gasteiger partial charge in [-0.2, -0.15) is 0 Å². The molecule has 17 heavy (non-hydrogen) atoms. The first-order valence-electron chi connectivity index (χ1n) is 5.60. The van der Waals surface area contributed by atoms with Crippen molar-refractivity contribution >= 4 is 8.05 Å². The molecular formula is C14H14BNO. The number of nitrogens with one attached hydrogen (secondary N) is 1. The van der Waals surface area contributed by atoms with Gasteiger partial charge in [-0.25, -0.2) is 5.48 Å². The van der Waals surface area contributed by atoms with Gasteiger partial charge in [-0.05, 0) is 11.1 Å². The molecule has 0 aliphatic rings. The summed E-state index contributed by atoms with van der Waals surface area (Å²) in [5.74, 6) is 0.237. The molecule has 0 aromatic heterocycles. The van der Waals surface area contributed by atoms with Crippen molar-refractivity contribution in [3.8, 4) is 0 Å². The van der Waals surface area contributed by atoms with Crippen LogP contribution in [0, 0.1) is 0 Å². The van der Waals surface area contributed by atoms with E-state index in [1.807, 2.05) is 36.4 Å². The molecule has 2 aromatic rings. The molecule has 0 atom stereocenters. The Morgan fingerprint density at radius 1 is 0.882 bits per heavy atom. The average Bonchev–Trinajstić information content (AvgIpc) is 2.42. The molecule has 0 amide bonds. The second-order valence-electron chi connectivity index (χ2n) is 3.84. The molecule has 2 rings (SSSR count). The molecule has 0 heterocycles. The molecular weight excluding hydrogens is 209 g/mol. The summed E-state index contributed by atoms with van der Waals surface area (Å²) in [5, 5.41) is 0. The zero-order valence-electron chi connectivity index (χ0n) is 9.54. The third-order valence-electron chi connectivity index (χ3n) is 2.77. The Bertz CT molecular complexity index is 393. The zero-order valence-corrected chi connectivity index (χ0v) is 9.54. The summed E-state index contributed by atoms with van der Waals surface area (Å²) < 4.78 is 4.47. The van der Waals surface area contributed by atoms with E-state index in [1.54, 1.807) is 0 Å². The topological polar surface area (TPSA) is 21.3 Å². The number of benzene rings is 2. The number of hydrogen-bond acceptors (Lipinski definition) is 2. The quantitative estimate of drug-likeness (QED) is 0.620. The fourth-order valence-corrected chi connectivity index (χ4v) is 1.93. The van der Waals surface area contributed by atoms with E-state index in [1.165, 1.54) is 11.1 Å². The van der Waals surface area contributed by atoms with Crippen LogP contribution in [0.15, 0.2) is 60.7 Å². The Morgan fingerprint density at radius 3 is 1.76 bits per heavy atom. The van der Waals surface area contributed by atoms with E-state index < -0.39 is 0 Å². The molecule has 2 aromatic carbocycles. The molecule has 0 saturated carbocycles. The molecule has 0 aliphatic carbocycles. The second-order valence-corrected chi connectivity index (χ2v) is 3.84. The molecule has 0 aliphatic heterocycles. The van der Waals surface area contributed by atoms with Crippen molar-refractivity contribution in [1.29, 1.82) is 0 Å². The molecule has 0 unspecified atom stereocenters. The van der Waals surface area contributed by atoms with Crippen LogP contribution in [0.5, 0.6) is 0 Å². The lowest BCUT2D eigenvalue weighted by molar-refractivity contribution is 0.213. The van der Waals surface area contributed by atoms with Gasteiger partial charge in [0, 0.05) is 12.5 Å². The van der Waals surface area contributed by atoms with Gasteiger partial charge in [0.2, 0.25) is 0 Å². The smallest absolute Gasteiger partial charge is 0.316 e. The van der Waals surface area contributed by atoms with Gasteiger partial charge >= 0.3 is 8.05 Å². The molecule has 0 spiro atoms. The van der Waals surface area contributed by atoms with E-state index in [9.17, 15) is 0 Å². The summed E-state index contributed by atoms with van der Waals surface area (Å²) in [4.78, 5) is 0. The highest BCUT2D eigenvalue weighted by molar-refractivity contribution is 5.97. The largest absolute Gasteiger partial charge is 0.377 e. The summed E-state index contributed by atoms with van der Waals surface area (Å²) >= 11 is 0. The fourth-order valence-electron chi connectivity index (χ4n) is 1.93. The van der Waals surface area contributed by atoms with Crippen LogP contribution in [-0.4, -0.2) is 14.6 Å². The van der Waals surface area contributed by atoms with Crippen molar-refractivity contribution in [2.45, 2.75) is 5.92 Å². The molecule has 0 fully saturated rings. The van der Waals surface area contributed by atoms with Crippen LogP contribution in [0.4, 0.5) is 0 Å². The van der Waals surface area contributed by atoms with Crippen molar-refractivity contribution < 1.29 is 4.76 Å². The minimum Gasteiger partial charge on any atom is -0.377 e. The normalized spacial score (nSPS) is 10.6. The highest BCUT2D eigenvalue weighted by Crippen LogP contribution is 2.23. The Kier molecular flexibility index (Phi) is 4.36. The first-order valence-corrected chi connectivity index (χ1v) is 5.60. The molecule has 2 radical (unpaired) electrons. The third kappa shape index (κ3) is 3.19. The van der Waals surface area contributed by atoms with Gasteiger partial charge in [-0.1, -0.05) is 60.7 Å². The number of hydrogen-bond donors (Lipinski definition) is 1. The standard InChI is InChI=1S/C14H14BNO/c15-17-16-11-14(12-7-3-1-4-8-12)13-9-5-2-6-10-13/h1-10,14,16H,11H2. The minimum absolute atomic E-state index is 0.237. The van der Waals surface area contributed by atoms with Gasteiger partial charge < -0.3 is 4.76 Å². The van der Waals surface area contributed by atoms with Gasteiger partial charge in [-0.15, -0.1) is 0 Å². The minimum atomic E-state index is 0.237. The van der Waals surface area contributed by atoms with Crippen LogP contribution in [0.3, 0.4) is 0 Å². The first kappa shape index (κ1) is 11.9. The Balaban J connectivity index is 2.26. The van der Waals surface area contributed by atoms with Crippen molar-refractivity contribution in [1.82, 2.24) is 5.48 Å². The lowest BCUT2D eigenvalue weighted by atomic mass is 9.91.